The van der Waals surface area contributed by atoms with Crippen molar-refractivity contribution in [2.75, 3.05) is 33.4 Å². The van der Waals surface area contributed by atoms with Crippen LogP contribution in [0.2, 0.25) is 10.0 Å². The number of ether oxygens (including phenoxy) is 2. The average molecular weight is 650 g/mol. The van der Waals surface area contributed by atoms with Crippen molar-refractivity contribution in [2.45, 2.75) is 32.0 Å². The van der Waals surface area contributed by atoms with E-state index in [4.69, 9.17) is 53.0 Å². The molecule has 1 aliphatic carbocycles. The van der Waals surface area contributed by atoms with Gasteiger partial charge in [-0.05, 0) is 59.4 Å². The number of hydrogen-bond acceptors (Lipinski definition) is 9. The summed E-state index contributed by atoms with van der Waals surface area (Å²) in [6.45, 7) is 2.19. The minimum absolute atomic E-state index is 0.0345. The highest BCUT2D eigenvalue weighted by Gasteiger charge is 2.29. The Balaban J connectivity index is 1.27. The third-order valence-electron chi connectivity index (χ3n) is 7.80. The largest absolute Gasteiger partial charge is 0.481 e. The summed E-state index contributed by atoms with van der Waals surface area (Å²) < 4.78 is 13.6. The maximum absolute atomic E-state index is 9.07. The molecule has 45 heavy (non-hydrogen) atoms. The molecular formula is C33H34Cl2N6O4. The molecule has 3 heterocycles. The number of fused-ring (bicyclic) bond motifs is 2. The molecule has 1 aliphatic rings. The van der Waals surface area contributed by atoms with Gasteiger partial charge in [0.15, 0.2) is 11.5 Å². The van der Waals surface area contributed by atoms with Crippen LogP contribution < -0.4 is 20.1 Å². The van der Waals surface area contributed by atoms with E-state index in [1.807, 2.05) is 42.6 Å². The van der Waals surface area contributed by atoms with Gasteiger partial charge in [0.25, 0.3) is 0 Å². The molecule has 4 N–H and O–H groups in total. The fourth-order valence-electron chi connectivity index (χ4n) is 5.68. The van der Waals surface area contributed by atoms with Crippen molar-refractivity contribution >= 4 is 28.8 Å². The van der Waals surface area contributed by atoms with Gasteiger partial charge >= 0.3 is 0 Å². The molecule has 0 fully saturated rings. The van der Waals surface area contributed by atoms with Gasteiger partial charge in [-0.2, -0.15) is 4.98 Å². The number of aliphatic hydroxyl groups excluding tert-OH is 2. The molecule has 234 valence electrons. The van der Waals surface area contributed by atoms with E-state index in [0.29, 0.717) is 59.5 Å². The number of aliphatic hydroxyl groups is 2. The first kappa shape index (κ1) is 31.2. The first-order valence-electron chi connectivity index (χ1n) is 14.8. The Bertz CT molecular complexity index is 1810. The Hall–Kier alpha value is -3.77. The smallest absolute Gasteiger partial charge is 0.236 e. The van der Waals surface area contributed by atoms with E-state index in [1.54, 1.807) is 17.7 Å². The van der Waals surface area contributed by atoms with Crippen LogP contribution in [-0.2, 0) is 19.5 Å². The number of nitrogens with one attached hydrogen (secondary N) is 2. The van der Waals surface area contributed by atoms with Crippen LogP contribution in [0.4, 0.5) is 0 Å². The second-order valence-electron chi connectivity index (χ2n) is 10.7. The molecule has 0 radical (unpaired) electrons. The van der Waals surface area contributed by atoms with Crippen LogP contribution in [-0.4, -0.2) is 63.2 Å². The Morgan fingerprint density at radius 2 is 1.67 bits per heavy atom. The minimum atomic E-state index is -0.240. The molecular weight excluding hydrogens is 615 g/mol. The van der Waals surface area contributed by atoms with E-state index in [1.165, 1.54) is 0 Å². The molecule has 2 aromatic carbocycles. The summed E-state index contributed by atoms with van der Waals surface area (Å²) in [6.07, 6.45) is 3.19. The minimum Gasteiger partial charge on any atom is -0.481 e. The number of pyridine rings is 2. The van der Waals surface area contributed by atoms with Crippen LogP contribution in [0.25, 0.3) is 28.2 Å². The maximum Gasteiger partial charge on any atom is 0.236 e. The molecule has 0 saturated carbocycles. The first-order chi connectivity index (χ1) is 22.0. The molecule has 1 atom stereocenters. The predicted octanol–water partition coefficient (Wildman–Crippen LogP) is 5.00. The van der Waals surface area contributed by atoms with Gasteiger partial charge < -0.3 is 30.3 Å². The van der Waals surface area contributed by atoms with Crippen molar-refractivity contribution in [2.24, 2.45) is 0 Å². The molecule has 0 aliphatic heterocycles. The van der Waals surface area contributed by atoms with Gasteiger partial charge in [-0.25, -0.2) is 9.50 Å². The summed E-state index contributed by atoms with van der Waals surface area (Å²) in [4.78, 5) is 9.33. The molecule has 10 nitrogen and oxygen atoms in total. The highest BCUT2D eigenvalue weighted by atomic mass is 35.5. The van der Waals surface area contributed by atoms with E-state index in [0.717, 1.165) is 51.8 Å². The van der Waals surface area contributed by atoms with Crippen LogP contribution in [0.15, 0.2) is 60.8 Å². The standard InChI is InChI=1S/C33H34Cl2N6O4/c1-44-32-21(19-37-12-15-43)17-27(34)33(39-32)45-28-9-8-23-22(4-2-5-24(23)28)25-6-3-7-26(30(25)35)31-38-29-16-20(18-36-11-14-42)10-13-41(29)40-31/h2-7,10,13,16-17,28,36-37,42-43H,8-9,11-12,14-15,18-19H2,1H3/t28-/m0/s1. The lowest BCUT2D eigenvalue weighted by atomic mass is 9.95. The Kier molecular flexibility index (Phi) is 9.79. The van der Waals surface area contributed by atoms with Gasteiger partial charge in [-0.3, -0.25) is 0 Å². The summed E-state index contributed by atoms with van der Waals surface area (Å²) >= 11 is 13.7. The lowest BCUT2D eigenvalue weighted by molar-refractivity contribution is 0.196. The topological polar surface area (TPSA) is 126 Å². The van der Waals surface area contributed by atoms with E-state index >= 15 is 0 Å². The molecule has 0 bridgehead atoms. The molecule has 0 saturated heterocycles. The van der Waals surface area contributed by atoms with Crippen molar-refractivity contribution in [1.82, 2.24) is 30.2 Å². The van der Waals surface area contributed by atoms with Gasteiger partial charge in [0.1, 0.15) is 11.1 Å². The monoisotopic (exact) mass is 648 g/mol. The van der Waals surface area contributed by atoms with Crippen LogP contribution >= 0.6 is 23.2 Å². The van der Waals surface area contributed by atoms with Crippen LogP contribution in [0.1, 0.15) is 34.8 Å². The van der Waals surface area contributed by atoms with E-state index in [9.17, 15) is 0 Å². The third-order valence-corrected chi connectivity index (χ3v) is 8.48. The van der Waals surface area contributed by atoms with Crippen molar-refractivity contribution in [3.05, 3.63) is 93.1 Å². The van der Waals surface area contributed by atoms with Crippen molar-refractivity contribution < 1.29 is 19.7 Å². The van der Waals surface area contributed by atoms with Crippen LogP contribution in [0.3, 0.4) is 0 Å². The highest BCUT2D eigenvalue weighted by molar-refractivity contribution is 6.36. The second-order valence-corrected chi connectivity index (χ2v) is 11.5. The summed E-state index contributed by atoms with van der Waals surface area (Å²) in [6, 6.07) is 17.8. The van der Waals surface area contributed by atoms with Gasteiger partial charge in [0.05, 0.1) is 25.3 Å². The average Bonchev–Trinajstić information content (AvgIpc) is 3.66. The summed E-state index contributed by atoms with van der Waals surface area (Å²) in [5.74, 6) is 1.28. The Morgan fingerprint density at radius 3 is 2.47 bits per heavy atom. The number of aromatic nitrogens is 4. The van der Waals surface area contributed by atoms with Gasteiger partial charge in [0.2, 0.25) is 11.8 Å². The number of halogens is 2. The lowest BCUT2D eigenvalue weighted by Crippen LogP contribution is -2.18. The number of benzene rings is 2. The maximum atomic E-state index is 9.07. The molecule has 0 amide bonds. The third kappa shape index (κ3) is 6.62. The van der Waals surface area contributed by atoms with Crippen LogP contribution in [0, 0.1) is 0 Å². The second kappa shape index (κ2) is 14.1. The summed E-state index contributed by atoms with van der Waals surface area (Å²) in [5, 5.41) is 30.1. The van der Waals surface area contributed by atoms with E-state index < -0.39 is 0 Å². The highest BCUT2D eigenvalue weighted by Crippen LogP contribution is 2.44. The Morgan fingerprint density at radius 1 is 0.911 bits per heavy atom. The zero-order valence-corrected chi connectivity index (χ0v) is 26.3. The zero-order chi connectivity index (χ0) is 31.3. The van der Waals surface area contributed by atoms with Crippen molar-refractivity contribution in [1.29, 1.82) is 0 Å². The Labute approximate surface area is 271 Å². The molecule has 0 spiro atoms. The van der Waals surface area contributed by atoms with Crippen molar-refractivity contribution in [3.8, 4) is 34.3 Å². The number of hydrogen-bond donors (Lipinski definition) is 4. The predicted molar refractivity (Wildman–Crippen MR) is 174 cm³/mol. The molecule has 12 heteroatoms. The van der Waals surface area contributed by atoms with Gasteiger partial charge in [0, 0.05) is 49.1 Å². The molecule has 3 aromatic heterocycles. The van der Waals surface area contributed by atoms with Crippen molar-refractivity contribution in [3.63, 3.8) is 0 Å². The summed E-state index contributed by atoms with van der Waals surface area (Å²) in [7, 11) is 1.56. The van der Waals surface area contributed by atoms with Gasteiger partial charge in [-0.1, -0.05) is 53.5 Å². The lowest BCUT2D eigenvalue weighted by Gasteiger charge is -2.18. The first-order valence-corrected chi connectivity index (χ1v) is 15.6. The van der Waals surface area contributed by atoms with Gasteiger partial charge in [-0.15, -0.1) is 5.10 Å². The van der Waals surface area contributed by atoms with Crippen LogP contribution in [0.5, 0.6) is 11.8 Å². The molecule has 0 unspecified atom stereocenters. The van der Waals surface area contributed by atoms with E-state index in [-0.39, 0.29) is 19.3 Å². The quantitative estimate of drug-likeness (QED) is 0.130. The fourth-order valence-corrected chi connectivity index (χ4v) is 6.21. The SMILES string of the molecule is COc1nc(O[C@H]2CCc3c(-c4cccc(-c5nc6cc(CNCCO)ccn6n5)c4Cl)cccc32)c(Cl)cc1CNCCO. The molecule has 6 rings (SSSR count). The van der Waals surface area contributed by atoms with E-state index in [2.05, 4.69) is 27.8 Å². The summed E-state index contributed by atoms with van der Waals surface area (Å²) in [5.41, 5.74) is 7.46. The fraction of sp³-hybridized carbons (Fsp3) is 0.303. The normalized spacial score (nSPS) is 14.2. The number of nitrogens with zero attached hydrogens (tertiary/aromatic N) is 4. The number of methoxy groups -OCH3 is 1. The molecule has 5 aromatic rings. The zero-order valence-electron chi connectivity index (χ0n) is 24.8. The number of rotatable bonds is 13.